The van der Waals surface area contributed by atoms with Crippen molar-refractivity contribution in [3.8, 4) is 16.9 Å². The molecule has 0 radical (unpaired) electrons. The Balaban J connectivity index is 1.84. The van der Waals surface area contributed by atoms with Crippen LogP contribution in [0.1, 0.15) is 49.3 Å². The second-order valence-electron chi connectivity index (χ2n) is 8.35. The number of hydrogen-bond donors (Lipinski definition) is 0. The van der Waals surface area contributed by atoms with Crippen LogP contribution in [0.3, 0.4) is 0 Å². The third-order valence-electron chi connectivity index (χ3n) is 6.51. The van der Waals surface area contributed by atoms with Crippen molar-refractivity contribution >= 4 is 11.8 Å². The molecule has 29 heavy (non-hydrogen) atoms. The lowest BCUT2D eigenvalue weighted by atomic mass is 9.68. The molecule has 1 spiro atoms. The summed E-state index contributed by atoms with van der Waals surface area (Å²) in [6.45, 7) is 4.19. The van der Waals surface area contributed by atoms with Crippen LogP contribution in [0.5, 0.6) is 0 Å². The van der Waals surface area contributed by atoms with Crippen molar-refractivity contribution in [1.82, 2.24) is 9.55 Å². The summed E-state index contributed by atoms with van der Waals surface area (Å²) in [4.78, 5) is 19.2. The highest BCUT2D eigenvalue weighted by Gasteiger charge is 2.44. The molecule has 2 aromatic carbocycles. The van der Waals surface area contributed by atoms with Gasteiger partial charge in [-0.2, -0.15) is 0 Å². The molecule has 1 aromatic heterocycles. The third-order valence-corrected chi connectivity index (χ3v) is 7.33. The van der Waals surface area contributed by atoms with Gasteiger partial charge in [0, 0.05) is 11.0 Å². The summed E-state index contributed by atoms with van der Waals surface area (Å²) in [5.41, 5.74) is 6.55. The maximum absolute atomic E-state index is 14.1. The van der Waals surface area contributed by atoms with Gasteiger partial charge in [0.25, 0.3) is 5.56 Å². The molecule has 0 N–H and O–H groups in total. The second kappa shape index (κ2) is 7.17. The Morgan fingerprint density at radius 2 is 1.79 bits per heavy atom. The average Bonchev–Trinajstić information content (AvgIpc) is 3.18. The van der Waals surface area contributed by atoms with E-state index in [9.17, 15) is 4.79 Å². The van der Waals surface area contributed by atoms with Gasteiger partial charge in [-0.1, -0.05) is 73.5 Å². The van der Waals surface area contributed by atoms with E-state index in [-0.39, 0.29) is 11.0 Å². The van der Waals surface area contributed by atoms with Gasteiger partial charge in [-0.15, -0.1) is 0 Å². The molecule has 148 valence electrons. The van der Waals surface area contributed by atoms with Crippen LogP contribution in [0.25, 0.3) is 16.9 Å². The van der Waals surface area contributed by atoms with Crippen LogP contribution < -0.4 is 5.56 Å². The summed E-state index contributed by atoms with van der Waals surface area (Å²) < 4.78 is 1.86. The Bertz CT molecular complexity index is 1120. The molecule has 3 aromatic rings. The Hall–Kier alpha value is -2.33. The molecule has 0 saturated heterocycles. The summed E-state index contributed by atoms with van der Waals surface area (Å²) in [6, 6.07) is 16.8. The lowest BCUT2D eigenvalue weighted by Gasteiger charge is -2.36. The van der Waals surface area contributed by atoms with Crippen LogP contribution in [0.15, 0.2) is 58.5 Å². The number of fused-ring (bicyclic) bond motifs is 4. The molecule has 2 aliphatic carbocycles. The highest BCUT2D eigenvalue weighted by Crippen LogP contribution is 2.50. The molecule has 1 heterocycles. The lowest BCUT2D eigenvalue weighted by Crippen LogP contribution is -2.40. The molecule has 1 saturated carbocycles. The van der Waals surface area contributed by atoms with Crippen LogP contribution >= 0.6 is 11.8 Å². The highest BCUT2D eigenvalue weighted by molar-refractivity contribution is 7.99. The van der Waals surface area contributed by atoms with Crippen molar-refractivity contribution < 1.29 is 0 Å². The zero-order valence-corrected chi connectivity index (χ0v) is 17.9. The fraction of sp³-hybridized carbons (Fsp3) is 0.360. The first-order valence-corrected chi connectivity index (χ1v) is 11.6. The Morgan fingerprint density at radius 3 is 2.52 bits per heavy atom. The minimum absolute atomic E-state index is 0.0599. The van der Waals surface area contributed by atoms with E-state index in [0.29, 0.717) is 0 Å². The summed E-state index contributed by atoms with van der Waals surface area (Å²) >= 11 is 1.65. The molecule has 1 fully saturated rings. The standard InChI is InChI=1S/C25H26N2OS/c1-3-29-24-26-22-20-9-5-4-8-18(20)16-25(14-6-7-15-25)21(22)23(28)27(24)19-12-10-17(2)11-13-19/h4-5,8-13H,3,6-7,14-16H2,1-2H3. The second-order valence-corrected chi connectivity index (χ2v) is 9.58. The number of rotatable bonds is 3. The van der Waals surface area contributed by atoms with Gasteiger partial charge < -0.3 is 0 Å². The molecule has 0 unspecified atom stereocenters. The van der Waals surface area contributed by atoms with E-state index in [2.05, 4.69) is 50.2 Å². The Morgan fingerprint density at radius 1 is 1.07 bits per heavy atom. The summed E-state index contributed by atoms with van der Waals surface area (Å²) in [5, 5.41) is 0.796. The minimum Gasteiger partial charge on any atom is -0.268 e. The molecule has 4 heteroatoms. The van der Waals surface area contributed by atoms with Crippen molar-refractivity contribution in [3.63, 3.8) is 0 Å². The van der Waals surface area contributed by atoms with Gasteiger partial charge in [0.15, 0.2) is 5.16 Å². The van der Waals surface area contributed by atoms with Gasteiger partial charge in [0.2, 0.25) is 0 Å². The summed E-state index contributed by atoms with van der Waals surface area (Å²) in [7, 11) is 0. The van der Waals surface area contributed by atoms with Crippen molar-refractivity contribution in [2.75, 3.05) is 5.75 Å². The first-order chi connectivity index (χ1) is 14.1. The molecule has 0 atom stereocenters. The smallest absolute Gasteiger partial charge is 0.263 e. The van der Waals surface area contributed by atoms with Crippen LogP contribution in [0, 0.1) is 6.92 Å². The van der Waals surface area contributed by atoms with E-state index >= 15 is 0 Å². The molecule has 3 nitrogen and oxygen atoms in total. The largest absolute Gasteiger partial charge is 0.268 e. The number of aryl methyl sites for hydroxylation is 1. The molecule has 5 rings (SSSR count). The monoisotopic (exact) mass is 402 g/mol. The molecule has 0 bridgehead atoms. The van der Waals surface area contributed by atoms with Crippen molar-refractivity contribution in [1.29, 1.82) is 0 Å². The van der Waals surface area contributed by atoms with Crippen molar-refractivity contribution in [3.05, 3.63) is 75.6 Å². The first-order valence-electron chi connectivity index (χ1n) is 10.6. The molecule has 0 aliphatic heterocycles. The van der Waals surface area contributed by atoms with Gasteiger partial charge in [0.1, 0.15) is 0 Å². The maximum Gasteiger partial charge on any atom is 0.263 e. The molecule has 2 aliphatic rings. The van der Waals surface area contributed by atoms with E-state index in [1.807, 2.05) is 16.7 Å². The van der Waals surface area contributed by atoms with Crippen LogP contribution in [0.2, 0.25) is 0 Å². The number of hydrogen-bond acceptors (Lipinski definition) is 3. The van der Waals surface area contributed by atoms with Crippen LogP contribution in [0.4, 0.5) is 0 Å². The predicted octanol–water partition coefficient (Wildman–Crippen LogP) is 5.69. The van der Waals surface area contributed by atoms with Crippen molar-refractivity contribution in [2.24, 2.45) is 0 Å². The average molecular weight is 403 g/mol. The van der Waals surface area contributed by atoms with Gasteiger partial charge in [-0.25, -0.2) is 4.98 Å². The van der Waals surface area contributed by atoms with E-state index in [1.54, 1.807) is 11.8 Å². The summed E-state index contributed by atoms with van der Waals surface area (Å²) in [6.07, 6.45) is 5.51. The maximum atomic E-state index is 14.1. The van der Waals surface area contributed by atoms with Gasteiger partial charge in [-0.05, 0) is 49.6 Å². The van der Waals surface area contributed by atoms with Crippen molar-refractivity contribution in [2.45, 2.75) is 56.5 Å². The fourth-order valence-corrected chi connectivity index (χ4v) is 5.89. The molecule has 0 amide bonds. The predicted molar refractivity (Wildman–Crippen MR) is 120 cm³/mol. The topological polar surface area (TPSA) is 34.9 Å². The number of benzene rings is 2. The number of thioether (sulfide) groups is 1. The molecular formula is C25H26N2OS. The van der Waals surface area contributed by atoms with E-state index in [0.717, 1.165) is 52.7 Å². The van der Waals surface area contributed by atoms with E-state index in [1.165, 1.54) is 24.0 Å². The van der Waals surface area contributed by atoms with Gasteiger partial charge in [0.05, 0.1) is 16.9 Å². The summed E-state index contributed by atoms with van der Waals surface area (Å²) in [5.74, 6) is 0.879. The van der Waals surface area contributed by atoms with Gasteiger partial charge in [-0.3, -0.25) is 9.36 Å². The lowest BCUT2D eigenvalue weighted by molar-refractivity contribution is 0.422. The third kappa shape index (κ3) is 2.96. The van der Waals surface area contributed by atoms with E-state index in [4.69, 9.17) is 4.98 Å². The number of aromatic nitrogens is 2. The Kier molecular flexibility index (Phi) is 4.62. The SMILES string of the molecule is CCSc1nc2c(c(=O)n1-c1ccc(C)cc1)C1(CCCC1)Cc1ccccc1-2. The van der Waals surface area contributed by atoms with E-state index < -0.39 is 0 Å². The zero-order chi connectivity index (χ0) is 20.0. The normalized spacial score (nSPS) is 16.6. The number of nitrogens with zero attached hydrogens (tertiary/aromatic N) is 2. The first kappa shape index (κ1) is 18.7. The highest BCUT2D eigenvalue weighted by atomic mass is 32.2. The molecular weight excluding hydrogens is 376 g/mol. The van der Waals surface area contributed by atoms with Gasteiger partial charge >= 0.3 is 0 Å². The quantitative estimate of drug-likeness (QED) is 0.417. The minimum atomic E-state index is -0.0599. The fourth-order valence-electron chi connectivity index (χ4n) is 5.16. The Labute approximate surface area is 176 Å². The van der Waals surface area contributed by atoms with Crippen LogP contribution in [-0.4, -0.2) is 15.3 Å². The van der Waals surface area contributed by atoms with Crippen LogP contribution in [-0.2, 0) is 11.8 Å². The zero-order valence-electron chi connectivity index (χ0n) is 17.1.